The lowest BCUT2D eigenvalue weighted by Gasteiger charge is -2.23. The van der Waals surface area contributed by atoms with Gasteiger partial charge in [-0.3, -0.25) is 0 Å². The Labute approximate surface area is 124 Å². The Hall–Kier alpha value is -1.88. The molecule has 0 saturated heterocycles. The molecule has 1 aromatic carbocycles. The molecule has 0 fully saturated rings. The van der Waals surface area contributed by atoms with Crippen LogP contribution in [0.5, 0.6) is 0 Å². The normalized spacial score (nSPS) is 11.8. The Kier molecular flexibility index (Phi) is 4.63. The fraction of sp³-hybridized carbons (Fsp3) is 0.500. The van der Waals surface area contributed by atoms with Gasteiger partial charge in [0.2, 0.25) is 0 Å². The number of aliphatic hydroxyl groups excluding tert-OH is 1. The van der Waals surface area contributed by atoms with Crippen molar-refractivity contribution >= 4 is 17.1 Å². The molecule has 0 radical (unpaired) electrons. The minimum atomic E-state index is -0.517. The number of imidazole rings is 1. The zero-order valence-electron chi connectivity index (χ0n) is 12.8. The van der Waals surface area contributed by atoms with Crippen molar-refractivity contribution in [3.63, 3.8) is 0 Å². The zero-order chi connectivity index (χ0) is 15.5. The van der Waals surface area contributed by atoms with Crippen molar-refractivity contribution in [1.82, 2.24) is 9.55 Å². The van der Waals surface area contributed by atoms with E-state index in [0.29, 0.717) is 18.7 Å². The Morgan fingerprint density at radius 3 is 2.76 bits per heavy atom. The smallest absolute Gasteiger partial charge is 0.420 e. The third-order valence-corrected chi connectivity index (χ3v) is 3.59. The number of benzene rings is 1. The van der Waals surface area contributed by atoms with Crippen LogP contribution in [0, 0.1) is 0 Å². The molecule has 0 atom stereocenters. The number of aromatic nitrogens is 2. The molecule has 0 unspecified atom stereocenters. The Balaban J connectivity index is 2.41. The van der Waals surface area contributed by atoms with Crippen LogP contribution in [0.25, 0.3) is 11.0 Å². The summed E-state index contributed by atoms with van der Waals surface area (Å²) in [6, 6.07) is 7.48. The van der Waals surface area contributed by atoms with Gasteiger partial charge in [-0.05, 0) is 38.8 Å². The van der Waals surface area contributed by atoms with Crippen LogP contribution in [0.2, 0.25) is 0 Å². The molecule has 0 bridgehead atoms. The first-order valence-electron chi connectivity index (χ1n) is 7.29. The van der Waals surface area contributed by atoms with Crippen molar-refractivity contribution in [3.8, 4) is 0 Å². The van der Waals surface area contributed by atoms with E-state index in [1.807, 2.05) is 45.0 Å². The number of nitrogens with zero attached hydrogens (tertiary/aromatic N) is 2. The fourth-order valence-corrected chi connectivity index (χ4v) is 2.04. The van der Waals surface area contributed by atoms with Gasteiger partial charge in [-0.2, -0.15) is 0 Å². The van der Waals surface area contributed by atoms with E-state index in [2.05, 4.69) is 4.98 Å². The van der Waals surface area contributed by atoms with Crippen LogP contribution < -0.4 is 0 Å². The van der Waals surface area contributed by atoms with Gasteiger partial charge in [0, 0.05) is 13.0 Å². The zero-order valence-corrected chi connectivity index (χ0v) is 12.8. The number of para-hydroxylation sites is 2. The summed E-state index contributed by atoms with van der Waals surface area (Å²) in [5, 5.41) is 9.00. The molecular formula is C16H22N2O3. The highest BCUT2D eigenvalue weighted by Crippen LogP contribution is 2.21. The third-order valence-electron chi connectivity index (χ3n) is 3.59. The van der Waals surface area contributed by atoms with Gasteiger partial charge in [0.05, 0.1) is 11.0 Å². The third kappa shape index (κ3) is 3.42. The molecule has 0 aliphatic heterocycles. The summed E-state index contributed by atoms with van der Waals surface area (Å²) in [6.45, 7) is 5.82. The van der Waals surface area contributed by atoms with Crippen LogP contribution in [0.1, 0.15) is 39.4 Å². The lowest BCUT2D eigenvalue weighted by atomic mass is 10.1. The quantitative estimate of drug-likeness (QED) is 0.918. The van der Waals surface area contributed by atoms with Crippen molar-refractivity contribution in [2.24, 2.45) is 0 Å². The van der Waals surface area contributed by atoms with Crippen LogP contribution >= 0.6 is 0 Å². The topological polar surface area (TPSA) is 64.3 Å². The number of carbonyl (C=O) groups excluding carboxylic acids is 1. The standard InChI is InChI=1S/C16H22N2O3/c1-4-16(2,3)21-15(20)18-13-9-6-5-8-12(13)17-14(18)10-7-11-19/h5-6,8-9,19H,4,7,10-11H2,1-3H3. The SMILES string of the molecule is CCC(C)(C)OC(=O)n1c(CCCO)nc2ccccc21. The molecule has 0 amide bonds. The molecule has 5 heteroatoms. The van der Waals surface area contributed by atoms with E-state index < -0.39 is 11.7 Å². The van der Waals surface area contributed by atoms with Crippen molar-refractivity contribution in [1.29, 1.82) is 0 Å². The highest BCUT2D eigenvalue weighted by molar-refractivity contribution is 5.87. The van der Waals surface area contributed by atoms with E-state index in [0.717, 1.165) is 17.5 Å². The molecule has 114 valence electrons. The summed E-state index contributed by atoms with van der Waals surface area (Å²) in [4.78, 5) is 17.0. The lowest BCUT2D eigenvalue weighted by molar-refractivity contribution is 0.0373. The highest BCUT2D eigenvalue weighted by atomic mass is 16.6. The minimum Gasteiger partial charge on any atom is -0.443 e. The van der Waals surface area contributed by atoms with E-state index in [1.165, 1.54) is 4.57 Å². The number of carbonyl (C=O) groups is 1. The lowest BCUT2D eigenvalue weighted by Crippen LogP contribution is -2.30. The van der Waals surface area contributed by atoms with Gasteiger partial charge in [0.15, 0.2) is 0 Å². The predicted molar refractivity (Wildman–Crippen MR) is 81.4 cm³/mol. The number of hydrogen-bond donors (Lipinski definition) is 1. The highest BCUT2D eigenvalue weighted by Gasteiger charge is 2.24. The molecule has 0 saturated carbocycles. The number of aryl methyl sites for hydroxylation is 1. The minimum absolute atomic E-state index is 0.0682. The fourth-order valence-electron chi connectivity index (χ4n) is 2.04. The molecule has 2 rings (SSSR count). The van der Waals surface area contributed by atoms with Gasteiger partial charge in [0.25, 0.3) is 0 Å². The van der Waals surface area contributed by atoms with Crippen LogP contribution in [0.3, 0.4) is 0 Å². The maximum atomic E-state index is 12.5. The molecule has 1 N–H and O–H groups in total. The summed E-state index contributed by atoms with van der Waals surface area (Å²) in [6.07, 6.45) is 1.42. The average Bonchev–Trinajstić information content (AvgIpc) is 2.83. The second kappa shape index (κ2) is 6.26. The van der Waals surface area contributed by atoms with Gasteiger partial charge in [0.1, 0.15) is 11.4 Å². The predicted octanol–water partition coefficient (Wildman–Crippen LogP) is 3.13. The van der Waals surface area contributed by atoms with Crippen LogP contribution in [-0.2, 0) is 11.2 Å². The summed E-state index contributed by atoms with van der Waals surface area (Å²) < 4.78 is 7.10. The largest absolute Gasteiger partial charge is 0.443 e. The van der Waals surface area contributed by atoms with Crippen molar-refractivity contribution in [2.45, 2.75) is 45.6 Å². The molecule has 0 aliphatic rings. The number of ether oxygens (including phenoxy) is 1. The maximum Gasteiger partial charge on any atom is 0.420 e. The Bertz CT molecular complexity index is 631. The molecule has 1 aromatic heterocycles. The summed E-state index contributed by atoms with van der Waals surface area (Å²) in [5.41, 5.74) is 0.982. The van der Waals surface area contributed by atoms with E-state index in [-0.39, 0.29) is 6.61 Å². The van der Waals surface area contributed by atoms with Crippen LogP contribution in [0.4, 0.5) is 4.79 Å². The molecule has 5 nitrogen and oxygen atoms in total. The molecule has 0 spiro atoms. The van der Waals surface area contributed by atoms with E-state index in [9.17, 15) is 4.79 Å². The molecule has 21 heavy (non-hydrogen) atoms. The second-order valence-electron chi connectivity index (χ2n) is 5.66. The van der Waals surface area contributed by atoms with Crippen molar-refractivity contribution in [2.75, 3.05) is 6.61 Å². The maximum absolute atomic E-state index is 12.5. The number of aliphatic hydroxyl groups is 1. The first kappa shape index (κ1) is 15.5. The van der Waals surface area contributed by atoms with Crippen molar-refractivity contribution in [3.05, 3.63) is 30.1 Å². The molecule has 1 heterocycles. The van der Waals surface area contributed by atoms with Crippen LogP contribution in [-0.4, -0.2) is 33.0 Å². The Morgan fingerprint density at radius 1 is 1.38 bits per heavy atom. The molecule has 2 aromatic rings. The number of fused-ring (bicyclic) bond motifs is 1. The summed E-state index contributed by atoms with van der Waals surface area (Å²) in [5.74, 6) is 0.627. The number of rotatable bonds is 5. The summed E-state index contributed by atoms with van der Waals surface area (Å²) in [7, 11) is 0. The first-order valence-corrected chi connectivity index (χ1v) is 7.29. The molecule has 0 aliphatic carbocycles. The van der Waals surface area contributed by atoms with E-state index >= 15 is 0 Å². The van der Waals surface area contributed by atoms with Gasteiger partial charge >= 0.3 is 6.09 Å². The monoisotopic (exact) mass is 290 g/mol. The van der Waals surface area contributed by atoms with Gasteiger partial charge in [-0.15, -0.1) is 0 Å². The molecular weight excluding hydrogens is 268 g/mol. The summed E-state index contributed by atoms with van der Waals surface area (Å²) >= 11 is 0. The van der Waals surface area contributed by atoms with Crippen LogP contribution in [0.15, 0.2) is 24.3 Å². The second-order valence-corrected chi connectivity index (χ2v) is 5.66. The van der Waals surface area contributed by atoms with Gasteiger partial charge in [-0.25, -0.2) is 14.3 Å². The average molecular weight is 290 g/mol. The van der Waals surface area contributed by atoms with E-state index in [4.69, 9.17) is 9.84 Å². The van der Waals surface area contributed by atoms with Gasteiger partial charge < -0.3 is 9.84 Å². The van der Waals surface area contributed by atoms with E-state index in [1.54, 1.807) is 0 Å². The number of hydrogen-bond acceptors (Lipinski definition) is 4. The van der Waals surface area contributed by atoms with Gasteiger partial charge in [-0.1, -0.05) is 19.1 Å². The first-order chi connectivity index (χ1) is 9.98. The Morgan fingerprint density at radius 2 is 2.10 bits per heavy atom. The van der Waals surface area contributed by atoms with Crippen molar-refractivity contribution < 1.29 is 14.6 Å².